The van der Waals surface area contributed by atoms with Gasteiger partial charge in [0.2, 0.25) is 6.79 Å². The number of ether oxygens (including phenoxy) is 2. The van der Waals surface area contributed by atoms with Crippen LogP contribution in [0.25, 0.3) is 0 Å². The summed E-state index contributed by atoms with van der Waals surface area (Å²) in [6.45, 7) is 0.145. The minimum atomic E-state index is -0.216. The lowest BCUT2D eigenvalue weighted by atomic mass is 10.1. The molecule has 0 bridgehead atoms. The number of rotatable bonds is 2. The highest BCUT2D eigenvalue weighted by atomic mass is 16.7. The molecule has 20 heavy (non-hydrogen) atoms. The summed E-state index contributed by atoms with van der Waals surface area (Å²) in [6.07, 6.45) is 3.25. The van der Waals surface area contributed by atoms with Gasteiger partial charge in [-0.05, 0) is 18.2 Å². The van der Waals surface area contributed by atoms with Gasteiger partial charge in [0.05, 0.1) is 5.56 Å². The molecule has 0 spiro atoms. The second-order valence-corrected chi connectivity index (χ2v) is 4.36. The highest BCUT2D eigenvalue weighted by molar-refractivity contribution is 6.09. The Labute approximate surface area is 115 Å². The number of pyridine rings is 1. The minimum absolute atomic E-state index is 0.145. The summed E-state index contributed by atoms with van der Waals surface area (Å²) in [5.41, 5.74) is 7.40. The molecular weight excluding hydrogens is 258 g/mol. The molecule has 0 saturated carbocycles. The van der Waals surface area contributed by atoms with E-state index < -0.39 is 0 Å². The third-order valence-corrected chi connectivity index (χ3v) is 3.13. The van der Waals surface area contributed by atoms with E-state index in [-0.39, 0.29) is 12.7 Å². The number of nitrogens with zero attached hydrogens (tertiary/aromatic N) is 2. The van der Waals surface area contributed by atoms with Crippen LogP contribution in [-0.4, -0.2) is 24.7 Å². The SMILES string of the molecule is CN(C(=O)c1cc2c(cc1N)OCO2)c1ccncc1. The summed E-state index contributed by atoms with van der Waals surface area (Å²) in [5, 5.41) is 0. The van der Waals surface area contributed by atoms with Gasteiger partial charge in [-0.25, -0.2) is 0 Å². The normalized spacial score (nSPS) is 12.2. The number of hydrogen-bond donors (Lipinski definition) is 1. The van der Waals surface area contributed by atoms with Crippen molar-refractivity contribution in [1.29, 1.82) is 0 Å². The molecule has 0 aliphatic carbocycles. The first-order valence-corrected chi connectivity index (χ1v) is 6.04. The summed E-state index contributed by atoms with van der Waals surface area (Å²) < 4.78 is 10.5. The molecule has 6 nitrogen and oxygen atoms in total. The van der Waals surface area contributed by atoms with E-state index in [9.17, 15) is 4.79 Å². The monoisotopic (exact) mass is 271 g/mol. The van der Waals surface area contributed by atoms with Crippen molar-refractivity contribution in [2.24, 2.45) is 0 Å². The predicted molar refractivity (Wildman–Crippen MR) is 73.9 cm³/mol. The van der Waals surface area contributed by atoms with Gasteiger partial charge in [-0.1, -0.05) is 0 Å². The number of fused-ring (bicyclic) bond motifs is 1. The van der Waals surface area contributed by atoms with E-state index in [4.69, 9.17) is 15.2 Å². The molecule has 0 unspecified atom stereocenters. The molecular formula is C14H13N3O3. The molecule has 0 saturated heterocycles. The van der Waals surface area contributed by atoms with Crippen LogP contribution in [0.1, 0.15) is 10.4 Å². The Kier molecular flexibility index (Phi) is 2.90. The summed E-state index contributed by atoms with van der Waals surface area (Å²) in [4.78, 5) is 17.9. The van der Waals surface area contributed by atoms with Crippen LogP contribution in [0.15, 0.2) is 36.7 Å². The van der Waals surface area contributed by atoms with Crippen LogP contribution in [0.5, 0.6) is 11.5 Å². The van der Waals surface area contributed by atoms with Crippen LogP contribution in [0, 0.1) is 0 Å². The molecule has 2 N–H and O–H groups in total. The molecule has 0 radical (unpaired) electrons. The third-order valence-electron chi connectivity index (χ3n) is 3.13. The number of carbonyl (C=O) groups excluding carboxylic acids is 1. The number of benzene rings is 1. The number of hydrogen-bond acceptors (Lipinski definition) is 5. The van der Waals surface area contributed by atoms with E-state index in [1.165, 1.54) is 4.90 Å². The van der Waals surface area contributed by atoms with E-state index in [2.05, 4.69) is 4.98 Å². The van der Waals surface area contributed by atoms with E-state index in [1.807, 2.05) is 0 Å². The van der Waals surface area contributed by atoms with Gasteiger partial charge in [0, 0.05) is 36.9 Å². The number of nitrogens with two attached hydrogens (primary N) is 1. The first-order chi connectivity index (χ1) is 9.66. The number of nitrogen functional groups attached to an aromatic ring is 1. The molecule has 3 rings (SSSR count). The maximum Gasteiger partial charge on any atom is 0.260 e. The standard InChI is InChI=1S/C14H13N3O3/c1-17(9-2-4-16-5-3-9)14(18)10-6-12-13(7-11(10)15)20-8-19-12/h2-7H,8,15H2,1H3. The van der Waals surface area contributed by atoms with Crippen molar-refractivity contribution >= 4 is 17.3 Å². The molecule has 0 atom stereocenters. The molecule has 2 aromatic rings. The van der Waals surface area contributed by atoms with Crippen LogP contribution in [-0.2, 0) is 0 Å². The lowest BCUT2D eigenvalue weighted by molar-refractivity contribution is 0.0993. The zero-order chi connectivity index (χ0) is 14.1. The van der Waals surface area contributed by atoms with Crippen LogP contribution in [0.2, 0.25) is 0 Å². The second-order valence-electron chi connectivity index (χ2n) is 4.36. The maximum atomic E-state index is 12.5. The van der Waals surface area contributed by atoms with Crippen molar-refractivity contribution in [3.05, 3.63) is 42.2 Å². The lowest BCUT2D eigenvalue weighted by Crippen LogP contribution is -2.27. The van der Waals surface area contributed by atoms with Crippen LogP contribution in [0.4, 0.5) is 11.4 Å². The predicted octanol–water partition coefficient (Wildman–Crippen LogP) is 1.67. The number of carbonyl (C=O) groups is 1. The fourth-order valence-electron chi connectivity index (χ4n) is 2.01. The Morgan fingerprint density at radius 1 is 1.25 bits per heavy atom. The molecule has 1 aromatic heterocycles. The number of aromatic nitrogens is 1. The molecule has 102 valence electrons. The fraction of sp³-hybridized carbons (Fsp3) is 0.143. The van der Waals surface area contributed by atoms with Gasteiger partial charge in [-0.3, -0.25) is 9.78 Å². The van der Waals surface area contributed by atoms with Crippen molar-refractivity contribution in [2.75, 3.05) is 24.5 Å². The van der Waals surface area contributed by atoms with E-state index in [0.29, 0.717) is 22.7 Å². The van der Waals surface area contributed by atoms with E-state index in [1.54, 1.807) is 43.7 Å². The first-order valence-electron chi connectivity index (χ1n) is 6.04. The summed E-state index contributed by atoms with van der Waals surface area (Å²) >= 11 is 0. The van der Waals surface area contributed by atoms with E-state index >= 15 is 0 Å². The van der Waals surface area contributed by atoms with Crippen molar-refractivity contribution < 1.29 is 14.3 Å². The molecule has 1 aromatic carbocycles. The average molecular weight is 271 g/mol. The molecule has 6 heteroatoms. The number of anilines is 2. The Balaban J connectivity index is 1.95. The van der Waals surface area contributed by atoms with Gasteiger partial charge < -0.3 is 20.1 Å². The van der Waals surface area contributed by atoms with Gasteiger partial charge in [0.15, 0.2) is 11.5 Å². The summed E-state index contributed by atoms with van der Waals surface area (Å²) in [7, 11) is 1.68. The van der Waals surface area contributed by atoms with Crippen molar-refractivity contribution in [3.63, 3.8) is 0 Å². The Morgan fingerprint density at radius 2 is 1.90 bits per heavy atom. The lowest BCUT2D eigenvalue weighted by Gasteiger charge is -2.18. The molecule has 2 heterocycles. The Bertz CT molecular complexity index is 658. The zero-order valence-electron chi connectivity index (χ0n) is 10.9. The summed E-state index contributed by atoms with van der Waals surface area (Å²) in [6, 6.07) is 6.72. The highest BCUT2D eigenvalue weighted by Crippen LogP contribution is 2.36. The second kappa shape index (κ2) is 4.73. The summed E-state index contributed by atoms with van der Waals surface area (Å²) in [5.74, 6) is 0.878. The van der Waals surface area contributed by atoms with Crippen LogP contribution < -0.4 is 20.1 Å². The highest BCUT2D eigenvalue weighted by Gasteiger charge is 2.22. The first kappa shape index (κ1) is 12.3. The third kappa shape index (κ3) is 2.01. The van der Waals surface area contributed by atoms with Crippen molar-refractivity contribution in [2.45, 2.75) is 0 Å². The van der Waals surface area contributed by atoms with Gasteiger partial charge in [0.25, 0.3) is 5.91 Å². The van der Waals surface area contributed by atoms with Crippen LogP contribution >= 0.6 is 0 Å². The van der Waals surface area contributed by atoms with Gasteiger partial charge in [-0.2, -0.15) is 0 Å². The molecule has 0 fully saturated rings. The molecule has 1 amide bonds. The smallest absolute Gasteiger partial charge is 0.260 e. The molecule has 1 aliphatic rings. The fourth-order valence-corrected chi connectivity index (χ4v) is 2.01. The zero-order valence-corrected chi connectivity index (χ0v) is 10.9. The average Bonchev–Trinajstić information content (AvgIpc) is 2.93. The quantitative estimate of drug-likeness (QED) is 0.841. The van der Waals surface area contributed by atoms with Gasteiger partial charge in [0.1, 0.15) is 0 Å². The Hall–Kier alpha value is -2.76. The molecule has 1 aliphatic heterocycles. The maximum absolute atomic E-state index is 12.5. The minimum Gasteiger partial charge on any atom is -0.454 e. The van der Waals surface area contributed by atoms with Gasteiger partial charge >= 0.3 is 0 Å². The van der Waals surface area contributed by atoms with Gasteiger partial charge in [-0.15, -0.1) is 0 Å². The van der Waals surface area contributed by atoms with Crippen molar-refractivity contribution in [1.82, 2.24) is 4.98 Å². The largest absolute Gasteiger partial charge is 0.454 e. The topological polar surface area (TPSA) is 77.7 Å². The number of amides is 1. The Morgan fingerprint density at radius 3 is 2.60 bits per heavy atom. The van der Waals surface area contributed by atoms with Crippen LogP contribution in [0.3, 0.4) is 0 Å². The van der Waals surface area contributed by atoms with E-state index in [0.717, 1.165) is 5.69 Å². The van der Waals surface area contributed by atoms with Crippen molar-refractivity contribution in [3.8, 4) is 11.5 Å².